The van der Waals surface area contributed by atoms with Crippen LogP contribution in [-0.2, 0) is 0 Å². The van der Waals surface area contributed by atoms with Gasteiger partial charge in [-0.2, -0.15) is 0 Å². The molecule has 0 fully saturated rings. The van der Waals surface area contributed by atoms with Gasteiger partial charge in [-0.05, 0) is 42.0 Å². The highest BCUT2D eigenvalue weighted by Crippen LogP contribution is 2.24. The third-order valence-corrected chi connectivity index (χ3v) is 4.36. The van der Waals surface area contributed by atoms with Gasteiger partial charge in [-0.25, -0.2) is 4.79 Å². The van der Waals surface area contributed by atoms with E-state index >= 15 is 0 Å². The van der Waals surface area contributed by atoms with Gasteiger partial charge in [0, 0.05) is 10.5 Å². The summed E-state index contributed by atoms with van der Waals surface area (Å²) in [5.41, 5.74) is 1.40. The maximum absolute atomic E-state index is 12.7. The largest absolute Gasteiger partial charge is 0.463 e. The molecular weight excluding hydrogens is 400 g/mol. The van der Waals surface area contributed by atoms with E-state index in [1.54, 1.807) is 18.2 Å². The molecule has 0 unspecified atom stereocenters. The number of halogens is 1. The fraction of sp³-hybridized carbons (Fsp3) is 0. The minimum atomic E-state index is -0.622. The zero-order valence-corrected chi connectivity index (χ0v) is 14.9. The summed E-state index contributed by atoms with van der Waals surface area (Å²) in [5.74, 6) is -0.265. The van der Waals surface area contributed by atoms with Gasteiger partial charge in [0.05, 0.1) is 17.2 Å². The van der Waals surface area contributed by atoms with E-state index in [4.69, 9.17) is 13.6 Å². The summed E-state index contributed by atoms with van der Waals surface area (Å²) in [6.07, 6.45) is 2.80. The predicted molar refractivity (Wildman–Crippen MR) is 99.3 cm³/mol. The van der Waals surface area contributed by atoms with Crippen LogP contribution in [0.25, 0.3) is 22.1 Å². The van der Waals surface area contributed by atoms with E-state index in [1.807, 2.05) is 24.3 Å². The zero-order valence-electron chi connectivity index (χ0n) is 13.3. The first-order chi connectivity index (χ1) is 12.6. The van der Waals surface area contributed by atoms with Crippen molar-refractivity contribution in [2.75, 3.05) is 0 Å². The fourth-order valence-electron chi connectivity index (χ4n) is 2.55. The number of fused-ring (bicyclic) bond motifs is 1. The number of hydrogen-bond acceptors (Lipinski definition) is 5. The number of esters is 1. The second kappa shape index (κ2) is 6.65. The first-order valence-corrected chi connectivity index (χ1v) is 8.48. The van der Waals surface area contributed by atoms with Crippen molar-refractivity contribution in [2.24, 2.45) is 0 Å². The summed E-state index contributed by atoms with van der Waals surface area (Å²) in [5, 5.41) is 0.406. The molecule has 0 saturated carbocycles. The van der Waals surface area contributed by atoms with Crippen LogP contribution < -0.4 is 10.2 Å². The molecular formula is C20H11BrO5. The molecule has 0 spiro atoms. The van der Waals surface area contributed by atoms with Crippen LogP contribution in [0, 0.1) is 0 Å². The van der Waals surface area contributed by atoms with Crippen LogP contribution in [0.15, 0.2) is 85.2 Å². The zero-order chi connectivity index (χ0) is 18.1. The molecule has 0 aliphatic rings. The molecule has 0 radical (unpaired) electrons. The summed E-state index contributed by atoms with van der Waals surface area (Å²) in [6.45, 7) is 0. The van der Waals surface area contributed by atoms with Crippen molar-refractivity contribution < 1.29 is 18.4 Å². The van der Waals surface area contributed by atoms with Gasteiger partial charge in [0.25, 0.3) is 0 Å². The maximum Gasteiger partial charge on any atom is 0.379 e. The molecule has 0 N–H and O–H groups in total. The first kappa shape index (κ1) is 16.4. The predicted octanol–water partition coefficient (Wildman–Crippen LogP) is 5.03. The lowest BCUT2D eigenvalue weighted by molar-refractivity contribution is 0.0701. The van der Waals surface area contributed by atoms with E-state index < -0.39 is 5.97 Å². The molecule has 0 amide bonds. The SMILES string of the molecule is O=C(Oc1ccc2c(=O)c(-c3ccc(Br)cc3)coc2c1)c1ccco1. The second-order valence-corrected chi connectivity index (χ2v) is 6.43. The Morgan fingerprint density at radius 1 is 1.00 bits per heavy atom. The van der Waals surface area contributed by atoms with Crippen molar-refractivity contribution in [3.8, 4) is 16.9 Å². The Morgan fingerprint density at radius 3 is 2.54 bits per heavy atom. The van der Waals surface area contributed by atoms with E-state index in [0.29, 0.717) is 16.5 Å². The smallest absolute Gasteiger partial charge is 0.379 e. The van der Waals surface area contributed by atoms with E-state index in [-0.39, 0.29) is 16.9 Å². The Balaban J connectivity index is 1.70. The Labute approximate surface area is 155 Å². The molecule has 26 heavy (non-hydrogen) atoms. The van der Waals surface area contributed by atoms with Crippen molar-refractivity contribution in [1.82, 2.24) is 0 Å². The summed E-state index contributed by atoms with van der Waals surface area (Å²) >= 11 is 3.37. The average molecular weight is 411 g/mol. The summed E-state index contributed by atoms with van der Waals surface area (Å²) in [4.78, 5) is 24.7. The summed E-state index contributed by atoms with van der Waals surface area (Å²) in [7, 11) is 0. The topological polar surface area (TPSA) is 69.7 Å². The van der Waals surface area contributed by atoms with E-state index in [9.17, 15) is 9.59 Å². The standard InChI is InChI=1S/C20H11BrO5/c21-13-5-3-12(4-6-13)16-11-25-18-10-14(7-8-15(18)19(16)22)26-20(23)17-2-1-9-24-17/h1-11H. The van der Waals surface area contributed by atoms with E-state index in [2.05, 4.69) is 15.9 Å². The fourth-order valence-corrected chi connectivity index (χ4v) is 2.82. The van der Waals surface area contributed by atoms with Crippen LogP contribution in [0.1, 0.15) is 10.6 Å². The second-order valence-electron chi connectivity index (χ2n) is 5.51. The average Bonchev–Trinajstić information content (AvgIpc) is 3.18. The van der Waals surface area contributed by atoms with E-state index in [1.165, 1.54) is 24.7 Å². The molecule has 0 bridgehead atoms. The quantitative estimate of drug-likeness (QED) is 0.349. The van der Waals surface area contributed by atoms with E-state index in [0.717, 1.165) is 10.0 Å². The molecule has 2 aromatic heterocycles. The van der Waals surface area contributed by atoms with Crippen LogP contribution in [-0.4, -0.2) is 5.97 Å². The van der Waals surface area contributed by atoms with Crippen molar-refractivity contribution >= 4 is 32.9 Å². The van der Waals surface area contributed by atoms with Crippen LogP contribution in [0.4, 0.5) is 0 Å². The van der Waals surface area contributed by atoms with Crippen molar-refractivity contribution in [1.29, 1.82) is 0 Å². The molecule has 0 atom stereocenters. The van der Waals surface area contributed by atoms with Gasteiger partial charge in [0.2, 0.25) is 5.76 Å². The highest BCUT2D eigenvalue weighted by molar-refractivity contribution is 9.10. The lowest BCUT2D eigenvalue weighted by atomic mass is 10.1. The number of rotatable bonds is 3. The molecule has 2 heterocycles. The molecule has 4 aromatic rings. The highest BCUT2D eigenvalue weighted by atomic mass is 79.9. The summed E-state index contributed by atoms with van der Waals surface area (Å²) in [6, 6.07) is 15.1. The van der Waals surface area contributed by atoms with Gasteiger partial charge in [-0.15, -0.1) is 0 Å². The van der Waals surface area contributed by atoms with Gasteiger partial charge >= 0.3 is 5.97 Å². The Kier molecular flexibility index (Phi) is 4.18. The number of furan rings is 1. The maximum atomic E-state index is 12.7. The number of carbonyl (C=O) groups excluding carboxylic acids is 1. The van der Waals surface area contributed by atoms with Crippen LogP contribution in [0.3, 0.4) is 0 Å². The van der Waals surface area contributed by atoms with Crippen LogP contribution >= 0.6 is 15.9 Å². The van der Waals surface area contributed by atoms with Crippen molar-refractivity contribution in [3.05, 3.63) is 87.6 Å². The van der Waals surface area contributed by atoms with Gasteiger partial charge in [0.1, 0.15) is 17.6 Å². The van der Waals surface area contributed by atoms with Crippen LogP contribution in [0.2, 0.25) is 0 Å². The third kappa shape index (κ3) is 3.07. The number of hydrogen-bond donors (Lipinski definition) is 0. The Hall–Kier alpha value is -3.12. The van der Waals surface area contributed by atoms with Crippen molar-refractivity contribution in [3.63, 3.8) is 0 Å². The van der Waals surface area contributed by atoms with Gasteiger partial charge in [-0.1, -0.05) is 28.1 Å². The normalized spacial score (nSPS) is 10.8. The molecule has 4 rings (SSSR count). The van der Waals surface area contributed by atoms with Gasteiger partial charge < -0.3 is 13.6 Å². The van der Waals surface area contributed by atoms with Crippen LogP contribution in [0.5, 0.6) is 5.75 Å². The minimum Gasteiger partial charge on any atom is -0.463 e. The lowest BCUT2D eigenvalue weighted by Gasteiger charge is -2.05. The minimum absolute atomic E-state index is 0.0946. The number of ether oxygens (including phenoxy) is 1. The number of benzene rings is 2. The molecule has 0 saturated heterocycles. The number of carbonyl (C=O) groups is 1. The highest BCUT2D eigenvalue weighted by Gasteiger charge is 2.14. The molecule has 5 nitrogen and oxygen atoms in total. The van der Waals surface area contributed by atoms with Gasteiger partial charge in [0.15, 0.2) is 5.43 Å². The molecule has 128 valence electrons. The lowest BCUT2D eigenvalue weighted by Crippen LogP contribution is -2.08. The summed E-state index contributed by atoms with van der Waals surface area (Å²) < 4.78 is 16.8. The molecule has 0 aliphatic heterocycles. The Morgan fingerprint density at radius 2 is 1.81 bits per heavy atom. The molecule has 6 heteroatoms. The first-order valence-electron chi connectivity index (χ1n) is 7.69. The third-order valence-electron chi connectivity index (χ3n) is 3.83. The van der Waals surface area contributed by atoms with Crippen molar-refractivity contribution in [2.45, 2.75) is 0 Å². The molecule has 0 aliphatic carbocycles. The van der Waals surface area contributed by atoms with Gasteiger partial charge in [-0.3, -0.25) is 4.79 Å². The monoisotopic (exact) mass is 410 g/mol. The molecule has 2 aromatic carbocycles. The Bertz CT molecular complexity index is 1140.